The molecule has 86 valence electrons. The largest absolute Gasteiger partial charge is 0.385 e. The number of nitrogens with one attached hydrogen (secondary N) is 1. The topological polar surface area (TPSA) is 39.1 Å². The van der Waals surface area contributed by atoms with Gasteiger partial charge in [0.05, 0.1) is 5.69 Å². The van der Waals surface area contributed by atoms with Crippen LogP contribution in [0.15, 0.2) is 12.3 Å². The van der Waals surface area contributed by atoms with E-state index in [1.807, 2.05) is 10.9 Å². The lowest BCUT2D eigenvalue weighted by molar-refractivity contribution is 0.189. The van der Waals surface area contributed by atoms with Gasteiger partial charge in [0.2, 0.25) is 0 Å². The first-order valence-electron chi connectivity index (χ1n) is 5.47. The van der Waals surface area contributed by atoms with Crippen LogP contribution in [0.2, 0.25) is 0 Å². The average Bonchev–Trinajstić information content (AvgIpc) is 2.63. The molecule has 1 heterocycles. The Morgan fingerprint density at radius 3 is 3.00 bits per heavy atom. The van der Waals surface area contributed by atoms with Crippen LogP contribution >= 0.6 is 0 Å². The van der Waals surface area contributed by atoms with Gasteiger partial charge in [0.1, 0.15) is 0 Å². The maximum absolute atomic E-state index is 5.00. The van der Waals surface area contributed by atoms with Crippen LogP contribution in [0.5, 0.6) is 0 Å². The normalized spacial score (nSPS) is 11.2. The molecule has 0 amide bonds. The maximum atomic E-state index is 5.00. The quantitative estimate of drug-likeness (QED) is 0.693. The van der Waals surface area contributed by atoms with Crippen LogP contribution in [0, 0.1) is 0 Å². The van der Waals surface area contributed by atoms with E-state index in [1.165, 1.54) is 0 Å². The van der Waals surface area contributed by atoms with Gasteiger partial charge in [-0.25, -0.2) is 0 Å². The molecule has 0 aliphatic rings. The van der Waals surface area contributed by atoms with Gasteiger partial charge in [-0.05, 0) is 12.5 Å². The molecule has 4 nitrogen and oxygen atoms in total. The Morgan fingerprint density at radius 2 is 2.33 bits per heavy atom. The summed E-state index contributed by atoms with van der Waals surface area (Å²) in [5.41, 5.74) is 1.10. The smallest absolute Gasteiger partial charge is 0.0762 e. The average molecular weight is 211 g/mol. The fraction of sp³-hybridized carbons (Fsp3) is 0.727. The van der Waals surface area contributed by atoms with E-state index >= 15 is 0 Å². The predicted octanol–water partition coefficient (Wildman–Crippen LogP) is 1.42. The first-order chi connectivity index (χ1) is 7.22. The molecule has 0 fully saturated rings. The zero-order chi connectivity index (χ0) is 11.1. The zero-order valence-corrected chi connectivity index (χ0v) is 9.86. The van der Waals surface area contributed by atoms with E-state index < -0.39 is 0 Å². The van der Waals surface area contributed by atoms with E-state index in [0.29, 0.717) is 6.04 Å². The molecular weight excluding hydrogens is 190 g/mol. The molecule has 4 heteroatoms. The second-order valence-electron chi connectivity index (χ2n) is 3.95. The SMILES string of the molecule is COCCCn1ccc(CNC(C)C)n1. The summed E-state index contributed by atoms with van der Waals surface area (Å²) in [5.74, 6) is 0. The number of methoxy groups -OCH3 is 1. The van der Waals surface area contributed by atoms with Crippen molar-refractivity contribution in [3.8, 4) is 0 Å². The van der Waals surface area contributed by atoms with Crippen LogP contribution in [0.1, 0.15) is 26.0 Å². The van der Waals surface area contributed by atoms with Crippen molar-refractivity contribution in [1.82, 2.24) is 15.1 Å². The van der Waals surface area contributed by atoms with Gasteiger partial charge < -0.3 is 10.1 Å². The second kappa shape index (κ2) is 6.58. The summed E-state index contributed by atoms with van der Waals surface area (Å²) in [4.78, 5) is 0. The summed E-state index contributed by atoms with van der Waals surface area (Å²) in [6, 6.07) is 2.56. The van der Waals surface area contributed by atoms with E-state index in [9.17, 15) is 0 Å². The first-order valence-corrected chi connectivity index (χ1v) is 5.47. The van der Waals surface area contributed by atoms with Crippen molar-refractivity contribution in [1.29, 1.82) is 0 Å². The highest BCUT2D eigenvalue weighted by Crippen LogP contribution is 1.97. The molecule has 0 saturated heterocycles. The van der Waals surface area contributed by atoms with Crippen LogP contribution in [-0.4, -0.2) is 29.5 Å². The van der Waals surface area contributed by atoms with Crippen LogP contribution in [0.3, 0.4) is 0 Å². The van der Waals surface area contributed by atoms with Crippen molar-refractivity contribution >= 4 is 0 Å². The minimum absolute atomic E-state index is 0.503. The number of aromatic nitrogens is 2. The molecule has 0 aromatic carbocycles. The van der Waals surface area contributed by atoms with Crippen molar-refractivity contribution in [3.63, 3.8) is 0 Å². The monoisotopic (exact) mass is 211 g/mol. The Labute approximate surface area is 91.6 Å². The van der Waals surface area contributed by atoms with Gasteiger partial charge >= 0.3 is 0 Å². The van der Waals surface area contributed by atoms with E-state index in [0.717, 1.165) is 31.8 Å². The van der Waals surface area contributed by atoms with Gasteiger partial charge in [0, 0.05) is 39.0 Å². The third kappa shape index (κ3) is 4.95. The standard InChI is InChI=1S/C11H21N3O/c1-10(2)12-9-11-5-7-14(13-11)6-4-8-15-3/h5,7,10,12H,4,6,8-9H2,1-3H3. The van der Waals surface area contributed by atoms with Crippen LogP contribution in [-0.2, 0) is 17.8 Å². The number of hydrogen-bond acceptors (Lipinski definition) is 3. The molecule has 15 heavy (non-hydrogen) atoms. The Bertz CT molecular complexity index is 271. The molecule has 0 saturated carbocycles. The molecule has 1 aromatic heterocycles. The van der Waals surface area contributed by atoms with Crippen LogP contribution < -0.4 is 5.32 Å². The highest BCUT2D eigenvalue weighted by molar-refractivity contribution is 4.98. The number of aryl methyl sites for hydroxylation is 1. The fourth-order valence-electron chi connectivity index (χ4n) is 1.30. The molecule has 0 unspecified atom stereocenters. The molecule has 1 rings (SSSR count). The molecule has 1 aromatic rings. The van der Waals surface area contributed by atoms with E-state index in [-0.39, 0.29) is 0 Å². The Kier molecular flexibility index (Phi) is 5.36. The lowest BCUT2D eigenvalue weighted by Crippen LogP contribution is -2.22. The molecular formula is C11H21N3O. The summed E-state index contributed by atoms with van der Waals surface area (Å²) in [6.45, 7) is 6.83. The van der Waals surface area contributed by atoms with E-state index in [2.05, 4.69) is 30.3 Å². The van der Waals surface area contributed by atoms with Crippen molar-refractivity contribution in [2.24, 2.45) is 0 Å². The molecule has 0 spiro atoms. The predicted molar refractivity (Wildman–Crippen MR) is 60.7 cm³/mol. The van der Waals surface area contributed by atoms with Crippen molar-refractivity contribution in [2.45, 2.75) is 39.4 Å². The van der Waals surface area contributed by atoms with Crippen molar-refractivity contribution in [3.05, 3.63) is 18.0 Å². The number of hydrogen-bond donors (Lipinski definition) is 1. The van der Waals surface area contributed by atoms with Gasteiger partial charge in [-0.15, -0.1) is 0 Å². The minimum Gasteiger partial charge on any atom is -0.385 e. The van der Waals surface area contributed by atoms with Gasteiger partial charge in [-0.2, -0.15) is 5.10 Å². The molecule has 1 N–H and O–H groups in total. The molecule has 0 atom stereocenters. The van der Waals surface area contributed by atoms with Gasteiger partial charge in [0.25, 0.3) is 0 Å². The Hall–Kier alpha value is -0.870. The van der Waals surface area contributed by atoms with Gasteiger partial charge in [0.15, 0.2) is 0 Å². The zero-order valence-electron chi connectivity index (χ0n) is 9.86. The summed E-state index contributed by atoms with van der Waals surface area (Å²) >= 11 is 0. The number of nitrogens with zero attached hydrogens (tertiary/aromatic N) is 2. The second-order valence-corrected chi connectivity index (χ2v) is 3.95. The van der Waals surface area contributed by atoms with Crippen LogP contribution in [0.4, 0.5) is 0 Å². The fourth-order valence-corrected chi connectivity index (χ4v) is 1.30. The summed E-state index contributed by atoms with van der Waals surface area (Å²) < 4.78 is 6.96. The molecule has 0 radical (unpaired) electrons. The van der Waals surface area contributed by atoms with Gasteiger partial charge in [-0.1, -0.05) is 13.8 Å². The lowest BCUT2D eigenvalue weighted by Gasteiger charge is -2.05. The lowest BCUT2D eigenvalue weighted by atomic mass is 10.3. The van der Waals surface area contributed by atoms with Crippen molar-refractivity contribution < 1.29 is 4.74 Å². The molecule has 0 aliphatic heterocycles. The first kappa shape index (κ1) is 12.2. The number of rotatable bonds is 7. The van der Waals surface area contributed by atoms with Crippen molar-refractivity contribution in [2.75, 3.05) is 13.7 Å². The summed E-state index contributed by atoms with van der Waals surface area (Å²) in [6.07, 6.45) is 3.03. The third-order valence-electron chi connectivity index (χ3n) is 2.12. The highest BCUT2D eigenvalue weighted by Gasteiger charge is 1.99. The summed E-state index contributed by atoms with van der Waals surface area (Å²) in [5, 5.41) is 7.79. The maximum Gasteiger partial charge on any atom is 0.0762 e. The molecule has 0 bridgehead atoms. The molecule has 0 aliphatic carbocycles. The minimum atomic E-state index is 0.503. The highest BCUT2D eigenvalue weighted by atomic mass is 16.5. The van der Waals surface area contributed by atoms with Crippen LogP contribution in [0.25, 0.3) is 0 Å². The van der Waals surface area contributed by atoms with Gasteiger partial charge in [-0.3, -0.25) is 4.68 Å². The Balaban J connectivity index is 2.29. The number of ether oxygens (including phenoxy) is 1. The Morgan fingerprint density at radius 1 is 1.53 bits per heavy atom. The van der Waals surface area contributed by atoms with E-state index in [4.69, 9.17) is 4.74 Å². The third-order valence-corrected chi connectivity index (χ3v) is 2.12. The summed E-state index contributed by atoms with van der Waals surface area (Å²) in [7, 11) is 1.72. The van der Waals surface area contributed by atoms with E-state index in [1.54, 1.807) is 7.11 Å².